The molecule has 3 heteroatoms. The van der Waals surface area contributed by atoms with Gasteiger partial charge in [-0.25, -0.2) is 0 Å². The van der Waals surface area contributed by atoms with Gasteiger partial charge in [0, 0.05) is 0 Å². The van der Waals surface area contributed by atoms with Gasteiger partial charge < -0.3 is 10.4 Å². The minimum Gasteiger partial charge on any atom is -0.481 e. The number of nitrogens with one attached hydrogen (secondary N) is 1. The van der Waals surface area contributed by atoms with Gasteiger partial charge in [0.05, 0.1) is 5.92 Å². The van der Waals surface area contributed by atoms with Crippen molar-refractivity contribution in [1.82, 2.24) is 5.32 Å². The van der Waals surface area contributed by atoms with Crippen LogP contribution in [0.3, 0.4) is 0 Å². The zero-order valence-electron chi connectivity index (χ0n) is 11.7. The van der Waals surface area contributed by atoms with Crippen LogP contribution in [0.4, 0.5) is 0 Å². The first kappa shape index (κ1) is 14.1. The minimum absolute atomic E-state index is 0.112. The smallest absolute Gasteiger partial charge is 0.311 e. The lowest BCUT2D eigenvalue weighted by molar-refractivity contribution is -0.139. The molecule has 19 heavy (non-hydrogen) atoms. The first-order valence-electron chi connectivity index (χ1n) is 7.13. The molecule has 2 N–H and O–H groups in total. The molecule has 0 spiro atoms. The largest absolute Gasteiger partial charge is 0.481 e. The van der Waals surface area contributed by atoms with E-state index in [1.54, 1.807) is 0 Å². The summed E-state index contributed by atoms with van der Waals surface area (Å²) in [7, 11) is 0. The van der Waals surface area contributed by atoms with Crippen LogP contribution in [0.15, 0.2) is 24.3 Å². The molecule has 1 atom stereocenters. The normalized spacial score (nSPS) is 18.5. The fourth-order valence-corrected chi connectivity index (χ4v) is 2.97. The Kier molecular flexibility index (Phi) is 4.59. The molecule has 1 aliphatic rings. The summed E-state index contributed by atoms with van der Waals surface area (Å²) in [5.41, 5.74) is 2.24. The number of benzene rings is 1. The van der Waals surface area contributed by atoms with E-state index in [1.807, 2.05) is 26.0 Å². The lowest BCUT2D eigenvalue weighted by atomic mass is 9.84. The Morgan fingerprint density at radius 2 is 2.00 bits per heavy atom. The molecule has 0 saturated carbocycles. The Balaban J connectivity index is 2.24. The summed E-state index contributed by atoms with van der Waals surface area (Å²) in [6.45, 7) is 6.05. The summed E-state index contributed by atoms with van der Waals surface area (Å²) in [5.74, 6) is -0.442. The number of rotatable bonds is 4. The topological polar surface area (TPSA) is 49.3 Å². The molecule has 0 amide bonds. The van der Waals surface area contributed by atoms with E-state index in [-0.39, 0.29) is 5.92 Å². The molecule has 1 unspecified atom stereocenters. The number of hydrogen-bond acceptors (Lipinski definition) is 2. The van der Waals surface area contributed by atoms with Crippen LogP contribution in [0.2, 0.25) is 0 Å². The minimum atomic E-state index is -0.725. The van der Waals surface area contributed by atoms with Crippen molar-refractivity contribution in [2.45, 2.75) is 38.5 Å². The van der Waals surface area contributed by atoms with Crippen LogP contribution in [-0.4, -0.2) is 24.2 Å². The van der Waals surface area contributed by atoms with Gasteiger partial charge in [0.15, 0.2) is 0 Å². The third-order valence-corrected chi connectivity index (χ3v) is 4.01. The van der Waals surface area contributed by atoms with Crippen molar-refractivity contribution in [2.24, 2.45) is 5.92 Å². The Bertz CT molecular complexity index is 436. The van der Waals surface area contributed by atoms with Crippen LogP contribution < -0.4 is 5.32 Å². The third kappa shape index (κ3) is 3.35. The third-order valence-electron chi connectivity index (χ3n) is 4.01. The van der Waals surface area contributed by atoms with Crippen molar-refractivity contribution >= 4 is 5.97 Å². The molecule has 1 fully saturated rings. The molecule has 1 aromatic rings. The summed E-state index contributed by atoms with van der Waals surface area (Å²) in [4.78, 5) is 11.4. The van der Waals surface area contributed by atoms with E-state index in [4.69, 9.17) is 0 Å². The van der Waals surface area contributed by atoms with Gasteiger partial charge in [-0.2, -0.15) is 0 Å². The van der Waals surface area contributed by atoms with E-state index >= 15 is 0 Å². The fourth-order valence-electron chi connectivity index (χ4n) is 2.97. The second-order valence-electron chi connectivity index (χ2n) is 5.75. The van der Waals surface area contributed by atoms with Gasteiger partial charge in [0.2, 0.25) is 0 Å². The SMILES string of the molecule is CC(C)C(C(=O)O)c1cccc(C2CCNCC2)c1. The predicted octanol–water partition coefficient (Wildman–Crippen LogP) is 2.98. The predicted molar refractivity (Wildman–Crippen MR) is 76.5 cm³/mol. The van der Waals surface area contributed by atoms with E-state index in [1.165, 1.54) is 5.56 Å². The van der Waals surface area contributed by atoms with Crippen molar-refractivity contribution in [1.29, 1.82) is 0 Å². The molecule has 3 nitrogen and oxygen atoms in total. The summed E-state index contributed by atoms with van der Waals surface area (Å²) >= 11 is 0. The number of carboxylic acid groups (broad SMARTS) is 1. The highest BCUT2D eigenvalue weighted by molar-refractivity contribution is 5.76. The van der Waals surface area contributed by atoms with Crippen molar-refractivity contribution < 1.29 is 9.90 Å². The molecule has 104 valence electrons. The molecule has 0 aromatic heterocycles. The van der Waals surface area contributed by atoms with Crippen LogP contribution in [0.1, 0.15) is 49.7 Å². The van der Waals surface area contributed by atoms with Crippen LogP contribution in [0.5, 0.6) is 0 Å². The van der Waals surface area contributed by atoms with Crippen molar-refractivity contribution in [3.63, 3.8) is 0 Å². The van der Waals surface area contributed by atoms with Gasteiger partial charge >= 0.3 is 5.97 Å². The van der Waals surface area contributed by atoms with Crippen LogP contribution in [0.25, 0.3) is 0 Å². The monoisotopic (exact) mass is 261 g/mol. The fraction of sp³-hybridized carbons (Fsp3) is 0.562. The first-order valence-corrected chi connectivity index (χ1v) is 7.13. The van der Waals surface area contributed by atoms with E-state index < -0.39 is 11.9 Å². The van der Waals surface area contributed by atoms with Gasteiger partial charge in [0.25, 0.3) is 0 Å². The molecule has 0 radical (unpaired) electrons. The zero-order chi connectivity index (χ0) is 13.8. The van der Waals surface area contributed by atoms with Crippen LogP contribution >= 0.6 is 0 Å². The zero-order valence-corrected chi connectivity index (χ0v) is 11.7. The molecule has 1 aromatic carbocycles. The summed E-state index contributed by atoms with van der Waals surface area (Å²) in [6, 6.07) is 8.20. The van der Waals surface area contributed by atoms with Gasteiger partial charge in [0.1, 0.15) is 0 Å². The van der Waals surface area contributed by atoms with Crippen molar-refractivity contribution in [3.8, 4) is 0 Å². The molecular weight excluding hydrogens is 238 g/mol. The molecule has 0 bridgehead atoms. The Labute approximate surface area is 115 Å². The Hall–Kier alpha value is -1.35. The lowest BCUT2D eigenvalue weighted by Crippen LogP contribution is -2.26. The lowest BCUT2D eigenvalue weighted by Gasteiger charge is -2.24. The maximum Gasteiger partial charge on any atom is 0.311 e. The van der Waals surface area contributed by atoms with Crippen LogP contribution in [0, 0.1) is 5.92 Å². The Morgan fingerprint density at radius 3 is 2.58 bits per heavy atom. The molecule has 1 saturated heterocycles. The standard InChI is InChI=1S/C16H23NO2/c1-11(2)15(16(18)19)14-5-3-4-13(10-14)12-6-8-17-9-7-12/h3-5,10-12,15,17H,6-9H2,1-2H3,(H,18,19). The molecule has 1 aliphatic heterocycles. The van der Waals surface area contributed by atoms with Gasteiger partial charge in [-0.3, -0.25) is 4.79 Å². The number of hydrogen-bond donors (Lipinski definition) is 2. The first-order chi connectivity index (χ1) is 9.09. The highest BCUT2D eigenvalue weighted by atomic mass is 16.4. The summed E-state index contributed by atoms with van der Waals surface area (Å²) in [6.07, 6.45) is 2.28. The van der Waals surface area contributed by atoms with E-state index in [2.05, 4.69) is 17.4 Å². The maximum absolute atomic E-state index is 11.4. The van der Waals surface area contributed by atoms with Gasteiger partial charge in [-0.05, 0) is 48.9 Å². The maximum atomic E-state index is 11.4. The average Bonchev–Trinajstić information content (AvgIpc) is 2.39. The van der Waals surface area contributed by atoms with Crippen molar-refractivity contribution in [3.05, 3.63) is 35.4 Å². The molecule has 2 rings (SSSR count). The van der Waals surface area contributed by atoms with Gasteiger partial charge in [-0.1, -0.05) is 38.1 Å². The molecule has 0 aliphatic carbocycles. The summed E-state index contributed by atoms with van der Waals surface area (Å²) in [5, 5.41) is 12.8. The van der Waals surface area contributed by atoms with E-state index in [9.17, 15) is 9.90 Å². The second-order valence-corrected chi connectivity index (χ2v) is 5.75. The van der Waals surface area contributed by atoms with E-state index in [0.29, 0.717) is 5.92 Å². The summed E-state index contributed by atoms with van der Waals surface area (Å²) < 4.78 is 0. The number of carboxylic acids is 1. The number of carbonyl (C=O) groups is 1. The second kappa shape index (κ2) is 6.20. The number of aliphatic carboxylic acids is 1. The van der Waals surface area contributed by atoms with E-state index in [0.717, 1.165) is 31.5 Å². The quantitative estimate of drug-likeness (QED) is 0.876. The van der Waals surface area contributed by atoms with Gasteiger partial charge in [-0.15, -0.1) is 0 Å². The highest BCUT2D eigenvalue weighted by Gasteiger charge is 2.24. The molecular formula is C16H23NO2. The average molecular weight is 261 g/mol. The van der Waals surface area contributed by atoms with Crippen LogP contribution in [-0.2, 0) is 4.79 Å². The number of piperidine rings is 1. The van der Waals surface area contributed by atoms with Crippen molar-refractivity contribution in [2.75, 3.05) is 13.1 Å². The highest BCUT2D eigenvalue weighted by Crippen LogP contribution is 2.30. The Morgan fingerprint density at radius 1 is 1.32 bits per heavy atom. The molecule has 1 heterocycles.